The van der Waals surface area contributed by atoms with Crippen LogP contribution in [0.5, 0.6) is 0 Å². The minimum atomic E-state index is -1.62. The van der Waals surface area contributed by atoms with Crippen LogP contribution in [0.4, 0.5) is 0 Å². The maximum absolute atomic E-state index is 8.90. The van der Waals surface area contributed by atoms with E-state index >= 15 is 0 Å². The van der Waals surface area contributed by atoms with Crippen molar-refractivity contribution in [1.29, 1.82) is 0 Å². The van der Waals surface area contributed by atoms with Gasteiger partial charge in [0, 0.05) is 6.61 Å². The van der Waals surface area contributed by atoms with Crippen LogP contribution < -0.4 is 0 Å². The summed E-state index contributed by atoms with van der Waals surface area (Å²) >= 11 is 0. The van der Waals surface area contributed by atoms with Crippen LogP contribution >= 0.6 is 0 Å². The predicted molar refractivity (Wildman–Crippen MR) is 77.8 cm³/mol. The van der Waals surface area contributed by atoms with E-state index in [-0.39, 0.29) is 11.6 Å². The standard InChI is InChI=1S/C14H30O2Si/c1-12(8-10-15)13(2)9-11-16-17(6,7)14(3,4)5/h9,12,15H,8,10-11H2,1-7H3/b13-9-. The lowest BCUT2D eigenvalue weighted by molar-refractivity contribution is 0.270. The second kappa shape index (κ2) is 6.71. The summed E-state index contributed by atoms with van der Waals surface area (Å²) in [5, 5.41) is 9.16. The lowest BCUT2D eigenvalue weighted by Crippen LogP contribution is -2.40. The molecule has 0 spiro atoms. The van der Waals surface area contributed by atoms with E-state index in [9.17, 15) is 0 Å². The molecular formula is C14H30O2Si. The maximum atomic E-state index is 8.90. The first-order valence-corrected chi connectivity index (χ1v) is 9.44. The fraction of sp³-hybridized carbons (Fsp3) is 0.857. The third kappa shape index (κ3) is 5.84. The molecule has 0 fully saturated rings. The highest BCUT2D eigenvalue weighted by atomic mass is 28.4. The molecule has 0 saturated heterocycles. The van der Waals surface area contributed by atoms with Crippen molar-refractivity contribution in [1.82, 2.24) is 0 Å². The zero-order chi connectivity index (χ0) is 13.7. The Morgan fingerprint density at radius 1 is 1.35 bits per heavy atom. The van der Waals surface area contributed by atoms with Crippen molar-refractivity contribution in [3.63, 3.8) is 0 Å². The molecule has 0 aromatic heterocycles. The summed E-state index contributed by atoms with van der Waals surface area (Å²) in [5.41, 5.74) is 1.32. The predicted octanol–water partition coefficient (Wildman–Crippen LogP) is 3.97. The first-order valence-electron chi connectivity index (χ1n) is 6.53. The van der Waals surface area contributed by atoms with Gasteiger partial charge >= 0.3 is 0 Å². The smallest absolute Gasteiger partial charge is 0.192 e. The van der Waals surface area contributed by atoms with Gasteiger partial charge in [0.1, 0.15) is 0 Å². The molecule has 0 heterocycles. The van der Waals surface area contributed by atoms with Crippen LogP contribution in [0.25, 0.3) is 0 Å². The van der Waals surface area contributed by atoms with Gasteiger partial charge < -0.3 is 9.53 Å². The molecule has 0 bridgehead atoms. The van der Waals surface area contributed by atoms with Crippen LogP contribution in [0.2, 0.25) is 18.1 Å². The van der Waals surface area contributed by atoms with Crippen LogP contribution in [0.1, 0.15) is 41.0 Å². The number of hydrogen-bond acceptors (Lipinski definition) is 2. The summed E-state index contributed by atoms with van der Waals surface area (Å²) in [4.78, 5) is 0. The minimum absolute atomic E-state index is 0.259. The zero-order valence-electron chi connectivity index (χ0n) is 12.6. The van der Waals surface area contributed by atoms with Crippen molar-refractivity contribution >= 4 is 8.32 Å². The van der Waals surface area contributed by atoms with Crippen molar-refractivity contribution < 1.29 is 9.53 Å². The first kappa shape index (κ1) is 16.9. The van der Waals surface area contributed by atoms with Crippen molar-refractivity contribution in [3.8, 4) is 0 Å². The lowest BCUT2D eigenvalue weighted by atomic mass is 9.99. The molecule has 0 radical (unpaired) electrons. The van der Waals surface area contributed by atoms with E-state index in [2.05, 4.69) is 53.8 Å². The normalized spacial score (nSPS) is 16.1. The van der Waals surface area contributed by atoms with Crippen LogP contribution in [-0.2, 0) is 4.43 Å². The monoisotopic (exact) mass is 258 g/mol. The molecule has 3 heteroatoms. The molecule has 102 valence electrons. The van der Waals surface area contributed by atoms with Crippen molar-refractivity contribution in [2.75, 3.05) is 13.2 Å². The molecule has 1 unspecified atom stereocenters. The second-order valence-electron chi connectivity index (χ2n) is 6.43. The Bertz CT molecular complexity index is 251. The Labute approximate surface area is 108 Å². The summed E-state index contributed by atoms with van der Waals surface area (Å²) in [6, 6.07) is 0. The first-order chi connectivity index (χ1) is 7.62. The average Bonchev–Trinajstić information content (AvgIpc) is 2.15. The van der Waals surface area contributed by atoms with Gasteiger partial charge in [0.25, 0.3) is 0 Å². The summed E-state index contributed by atoms with van der Waals surface area (Å²) in [7, 11) is -1.62. The maximum Gasteiger partial charge on any atom is 0.192 e. The van der Waals surface area contributed by atoms with E-state index in [4.69, 9.17) is 9.53 Å². The van der Waals surface area contributed by atoms with E-state index in [0.717, 1.165) is 6.42 Å². The highest BCUT2D eigenvalue weighted by Gasteiger charge is 2.36. The van der Waals surface area contributed by atoms with Gasteiger partial charge in [0.15, 0.2) is 8.32 Å². The number of aliphatic hydroxyl groups is 1. The van der Waals surface area contributed by atoms with E-state index < -0.39 is 8.32 Å². The Hall–Kier alpha value is -0.123. The van der Waals surface area contributed by atoms with Gasteiger partial charge in [-0.2, -0.15) is 0 Å². The van der Waals surface area contributed by atoms with Gasteiger partial charge in [-0.25, -0.2) is 0 Å². The Kier molecular flexibility index (Phi) is 6.67. The molecular weight excluding hydrogens is 228 g/mol. The van der Waals surface area contributed by atoms with Gasteiger partial charge in [0.05, 0.1) is 6.61 Å². The van der Waals surface area contributed by atoms with Gasteiger partial charge in [0.2, 0.25) is 0 Å². The summed E-state index contributed by atoms with van der Waals surface area (Å²) in [6.07, 6.45) is 3.00. The Morgan fingerprint density at radius 3 is 2.29 bits per heavy atom. The van der Waals surface area contributed by atoms with Crippen LogP contribution in [0.3, 0.4) is 0 Å². The third-order valence-corrected chi connectivity index (χ3v) is 8.50. The van der Waals surface area contributed by atoms with Crippen LogP contribution in [0, 0.1) is 5.92 Å². The number of aliphatic hydroxyl groups excluding tert-OH is 1. The largest absolute Gasteiger partial charge is 0.413 e. The number of allylic oxidation sites excluding steroid dienone is 1. The fourth-order valence-corrected chi connectivity index (χ4v) is 2.15. The van der Waals surface area contributed by atoms with E-state index in [1.807, 2.05) is 0 Å². The molecule has 0 rings (SSSR count). The topological polar surface area (TPSA) is 29.5 Å². The SMILES string of the molecule is C/C(=C/CO[Si](C)(C)C(C)(C)C)C(C)CCO. The molecule has 0 aromatic rings. The van der Waals surface area contributed by atoms with Gasteiger partial charge in [-0.15, -0.1) is 0 Å². The molecule has 0 amide bonds. The van der Waals surface area contributed by atoms with Crippen LogP contribution in [-0.4, -0.2) is 26.6 Å². The quantitative estimate of drug-likeness (QED) is 0.577. The highest BCUT2D eigenvalue weighted by molar-refractivity contribution is 6.74. The van der Waals surface area contributed by atoms with Gasteiger partial charge in [-0.05, 0) is 37.4 Å². The molecule has 0 aromatic carbocycles. The summed E-state index contributed by atoms with van der Waals surface area (Å²) < 4.78 is 6.09. The van der Waals surface area contributed by atoms with Crippen LogP contribution in [0.15, 0.2) is 11.6 Å². The van der Waals surface area contributed by atoms with E-state index in [0.29, 0.717) is 12.5 Å². The summed E-state index contributed by atoms with van der Waals surface area (Å²) in [5.74, 6) is 0.447. The summed E-state index contributed by atoms with van der Waals surface area (Å²) in [6.45, 7) is 16.5. The highest BCUT2D eigenvalue weighted by Crippen LogP contribution is 2.36. The average molecular weight is 258 g/mol. The fourth-order valence-electron chi connectivity index (χ4n) is 1.22. The molecule has 1 N–H and O–H groups in total. The Balaban J connectivity index is 4.27. The molecule has 0 aliphatic rings. The Morgan fingerprint density at radius 2 is 1.88 bits per heavy atom. The van der Waals surface area contributed by atoms with Crippen molar-refractivity contribution in [3.05, 3.63) is 11.6 Å². The molecule has 1 atom stereocenters. The van der Waals surface area contributed by atoms with Gasteiger partial charge in [-0.3, -0.25) is 0 Å². The molecule has 0 aliphatic heterocycles. The van der Waals surface area contributed by atoms with Gasteiger partial charge in [-0.1, -0.05) is 39.3 Å². The second-order valence-corrected chi connectivity index (χ2v) is 11.2. The van der Waals surface area contributed by atoms with E-state index in [1.54, 1.807) is 0 Å². The van der Waals surface area contributed by atoms with E-state index in [1.165, 1.54) is 5.57 Å². The van der Waals surface area contributed by atoms with Crippen molar-refractivity contribution in [2.45, 2.75) is 59.2 Å². The lowest BCUT2D eigenvalue weighted by Gasteiger charge is -2.35. The third-order valence-electron chi connectivity index (χ3n) is 4.00. The molecule has 17 heavy (non-hydrogen) atoms. The molecule has 0 aliphatic carbocycles. The van der Waals surface area contributed by atoms with Crippen molar-refractivity contribution in [2.24, 2.45) is 5.92 Å². The minimum Gasteiger partial charge on any atom is -0.413 e. The molecule has 0 saturated carbocycles. The zero-order valence-corrected chi connectivity index (χ0v) is 13.6. The molecule has 2 nitrogen and oxygen atoms in total. The number of hydrogen-bond donors (Lipinski definition) is 1. The number of rotatable bonds is 6.